The summed E-state index contributed by atoms with van der Waals surface area (Å²) in [4.78, 5) is 29.7. The maximum atomic E-state index is 13.5. The molecule has 4 rings (SSSR count). The van der Waals surface area contributed by atoms with Gasteiger partial charge in [-0.15, -0.1) is 0 Å². The third-order valence-electron chi connectivity index (χ3n) is 5.18. The third kappa shape index (κ3) is 5.07. The highest BCUT2D eigenvalue weighted by Crippen LogP contribution is 2.23. The van der Waals surface area contributed by atoms with Crippen LogP contribution in [0.4, 0.5) is 10.1 Å². The summed E-state index contributed by atoms with van der Waals surface area (Å²) in [6.45, 7) is 3.59. The molecule has 0 unspecified atom stereocenters. The largest absolute Gasteiger partial charge is 0.494 e. The van der Waals surface area contributed by atoms with E-state index in [1.165, 1.54) is 53.1 Å². The molecule has 0 fully saturated rings. The Kier molecular flexibility index (Phi) is 6.65. The van der Waals surface area contributed by atoms with Crippen molar-refractivity contribution >= 4 is 32.5 Å². The first-order valence-electron chi connectivity index (χ1n) is 10.7. The Morgan fingerprint density at radius 3 is 2.54 bits per heavy atom. The molecular formula is C25H22FN3O5S. The highest BCUT2D eigenvalue weighted by atomic mass is 32.2. The van der Waals surface area contributed by atoms with Gasteiger partial charge in [-0.3, -0.25) is 9.59 Å². The van der Waals surface area contributed by atoms with E-state index in [1.54, 1.807) is 13.0 Å². The van der Waals surface area contributed by atoms with E-state index in [-0.39, 0.29) is 28.2 Å². The summed E-state index contributed by atoms with van der Waals surface area (Å²) in [5.74, 6) is -0.568. The maximum absolute atomic E-state index is 13.5. The van der Waals surface area contributed by atoms with Crippen LogP contribution >= 0.6 is 0 Å². The van der Waals surface area contributed by atoms with Crippen LogP contribution in [-0.4, -0.2) is 30.5 Å². The molecule has 0 saturated carbocycles. The number of sulfone groups is 1. The summed E-state index contributed by atoms with van der Waals surface area (Å²) in [5.41, 5.74) is 0.267. The van der Waals surface area contributed by atoms with E-state index in [2.05, 4.69) is 10.3 Å². The quantitative estimate of drug-likeness (QED) is 0.419. The Balaban J connectivity index is 1.79. The Morgan fingerprint density at radius 1 is 1.11 bits per heavy atom. The van der Waals surface area contributed by atoms with Crippen LogP contribution in [0.1, 0.15) is 12.6 Å². The van der Waals surface area contributed by atoms with Crippen LogP contribution in [0.5, 0.6) is 5.75 Å². The van der Waals surface area contributed by atoms with Gasteiger partial charge >= 0.3 is 0 Å². The highest BCUT2D eigenvalue weighted by Gasteiger charge is 2.25. The van der Waals surface area contributed by atoms with Gasteiger partial charge in [-0.25, -0.2) is 17.8 Å². The maximum Gasteiger partial charge on any atom is 0.244 e. The molecular weight excluding hydrogens is 473 g/mol. The number of hydrogen-bond acceptors (Lipinski definition) is 6. The first-order chi connectivity index (χ1) is 16.7. The van der Waals surface area contributed by atoms with E-state index in [1.807, 2.05) is 6.92 Å². The van der Waals surface area contributed by atoms with Gasteiger partial charge in [-0.2, -0.15) is 0 Å². The second-order valence-corrected chi connectivity index (χ2v) is 9.66. The molecule has 8 nitrogen and oxygen atoms in total. The lowest BCUT2D eigenvalue weighted by molar-refractivity contribution is -0.116. The van der Waals surface area contributed by atoms with Crippen molar-refractivity contribution in [2.75, 3.05) is 11.9 Å². The van der Waals surface area contributed by atoms with E-state index in [0.29, 0.717) is 18.1 Å². The van der Waals surface area contributed by atoms with Crippen LogP contribution in [-0.2, 0) is 21.2 Å². The van der Waals surface area contributed by atoms with E-state index >= 15 is 0 Å². The van der Waals surface area contributed by atoms with Crippen molar-refractivity contribution in [3.63, 3.8) is 0 Å². The molecule has 1 amide bonds. The minimum atomic E-state index is -4.22. The monoisotopic (exact) mass is 495 g/mol. The molecule has 2 aromatic heterocycles. The number of rotatable bonds is 7. The number of amides is 1. The highest BCUT2D eigenvalue weighted by molar-refractivity contribution is 7.91. The van der Waals surface area contributed by atoms with Gasteiger partial charge < -0.3 is 14.6 Å². The summed E-state index contributed by atoms with van der Waals surface area (Å²) in [7, 11) is -4.22. The van der Waals surface area contributed by atoms with Crippen molar-refractivity contribution in [2.24, 2.45) is 0 Å². The Morgan fingerprint density at radius 2 is 1.86 bits per heavy atom. The number of ether oxygens (including phenoxy) is 1. The van der Waals surface area contributed by atoms with Crippen molar-refractivity contribution in [3.05, 3.63) is 88.6 Å². The second kappa shape index (κ2) is 9.67. The number of carbonyl (C=O) groups excluding carboxylic acids is 1. The first kappa shape index (κ1) is 24.1. The molecule has 2 aromatic carbocycles. The van der Waals surface area contributed by atoms with Gasteiger partial charge in [0.25, 0.3) is 0 Å². The SMILES string of the molecule is CCOc1ccc(S(=O)(=O)c2cn(CC(=O)Nc3cccc(F)c3)c3nc(C)ccc3c2=O)cc1. The van der Waals surface area contributed by atoms with Crippen molar-refractivity contribution in [1.29, 1.82) is 0 Å². The number of anilines is 1. The molecule has 4 aromatic rings. The fraction of sp³-hybridized carbons (Fsp3) is 0.160. The predicted octanol–water partition coefficient (Wildman–Crippen LogP) is 3.71. The van der Waals surface area contributed by atoms with Crippen LogP contribution in [0, 0.1) is 12.7 Å². The van der Waals surface area contributed by atoms with Gasteiger partial charge in [0.2, 0.25) is 21.2 Å². The average molecular weight is 496 g/mol. The third-order valence-corrected chi connectivity index (χ3v) is 6.95. The van der Waals surface area contributed by atoms with Gasteiger partial charge in [-0.05, 0) is 68.4 Å². The summed E-state index contributed by atoms with van der Waals surface area (Å²) >= 11 is 0. The summed E-state index contributed by atoms with van der Waals surface area (Å²) < 4.78 is 46.9. The molecule has 0 aliphatic carbocycles. The Bertz CT molecular complexity index is 1580. The van der Waals surface area contributed by atoms with Crippen molar-refractivity contribution in [2.45, 2.75) is 30.2 Å². The molecule has 10 heteroatoms. The van der Waals surface area contributed by atoms with Crippen LogP contribution in [0.2, 0.25) is 0 Å². The van der Waals surface area contributed by atoms with Crippen molar-refractivity contribution in [3.8, 4) is 5.75 Å². The number of pyridine rings is 2. The van der Waals surface area contributed by atoms with E-state index < -0.39 is 31.9 Å². The number of carbonyl (C=O) groups is 1. The topological polar surface area (TPSA) is 107 Å². The number of benzene rings is 2. The Labute approximate surface area is 200 Å². The number of aryl methyl sites for hydroxylation is 1. The molecule has 180 valence electrons. The minimum absolute atomic E-state index is 0.0566. The fourth-order valence-electron chi connectivity index (χ4n) is 3.58. The van der Waals surface area contributed by atoms with Crippen molar-refractivity contribution in [1.82, 2.24) is 9.55 Å². The zero-order valence-corrected chi connectivity index (χ0v) is 19.8. The van der Waals surface area contributed by atoms with Crippen LogP contribution in [0.25, 0.3) is 11.0 Å². The average Bonchev–Trinajstić information content (AvgIpc) is 2.81. The summed E-state index contributed by atoms with van der Waals surface area (Å²) in [6.07, 6.45) is 1.12. The Hall–Kier alpha value is -4.05. The van der Waals surface area contributed by atoms with Gasteiger partial charge in [-0.1, -0.05) is 6.07 Å². The number of fused-ring (bicyclic) bond motifs is 1. The van der Waals surface area contributed by atoms with E-state index in [4.69, 9.17) is 4.74 Å². The lowest BCUT2D eigenvalue weighted by Crippen LogP contribution is -2.24. The molecule has 1 N–H and O–H groups in total. The fourth-order valence-corrected chi connectivity index (χ4v) is 4.94. The number of nitrogens with zero attached hydrogens (tertiary/aromatic N) is 2. The summed E-state index contributed by atoms with van der Waals surface area (Å²) in [6, 6.07) is 14.2. The molecule has 0 spiro atoms. The van der Waals surface area contributed by atoms with Crippen LogP contribution in [0.15, 0.2) is 81.4 Å². The van der Waals surface area contributed by atoms with Crippen molar-refractivity contribution < 1.29 is 22.3 Å². The number of halogens is 1. The van der Waals surface area contributed by atoms with Crippen LogP contribution in [0.3, 0.4) is 0 Å². The molecule has 0 aliphatic rings. The first-order valence-corrected chi connectivity index (χ1v) is 12.2. The zero-order chi connectivity index (χ0) is 25.2. The predicted molar refractivity (Wildman–Crippen MR) is 129 cm³/mol. The molecule has 0 aliphatic heterocycles. The normalized spacial score (nSPS) is 11.4. The number of aromatic nitrogens is 2. The van der Waals surface area contributed by atoms with Gasteiger partial charge in [0.1, 0.15) is 28.7 Å². The zero-order valence-electron chi connectivity index (χ0n) is 19.0. The van der Waals surface area contributed by atoms with E-state index in [9.17, 15) is 22.4 Å². The molecule has 35 heavy (non-hydrogen) atoms. The molecule has 2 heterocycles. The number of hydrogen-bond donors (Lipinski definition) is 1. The summed E-state index contributed by atoms with van der Waals surface area (Å²) in [5, 5.41) is 2.62. The van der Waals surface area contributed by atoms with Gasteiger partial charge in [0.05, 0.1) is 16.9 Å². The lowest BCUT2D eigenvalue weighted by atomic mass is 10.2. The van der Waals surface area contributed by atoms with Gasteiger partial charge in [0.15, 0.2) is 0 Å². The molecule has 0 bridgehead atoms. The smallest absolute Gasteiger partial charge is 0.244 e. The second-order valence-electron chi connectivity index (χ2n) is 7.74. The van der Waals surface area contributed by atoms with Gasteiger partial charge in [0, 0.05) is 17.6 Å². The minimum Gasteiger partial charge on any atom is -0.494 e. The standard InChI is InChI=1S/C25H22FN3O5S/c1-3-34-19-8-10-20(11-9-19)35(32,33)22-14-29(25-21(24(22)31)12-7-16(2)27-25)15-23(30)28-18-6-4-5-17(26)13-18/h4-14H,3,15H2,1-2H3,(H,28,30). The number of nitrogens with one attached hydrogen (secondary N) is 1. The lowest BCUT2D eigenvalue weighted by Gasteiger charge is -2.14. The molecule has 0 saturated heterocycles. The van der Waals surface area contributed by atoms with E-state index in [0.717, 1.165) is 12.3 Å². The molecule has 0 atom stereocenters. The van der Waals surface area contributed by atoms with Crippen LogP contribution < -0.4 is 15.5 Å². The molecule has 0 radical (unpaired) electrons.